The summed E-state index contributed by atoms with van der Waals surface area (Å²) in [5.41, 5.74) is 1.97. The standard InChI is InChI=1S/C21H19ClN2O3S/c22-18-7-4-8-20(15-18)28(26,27)24-19-11-9-17(10-12-19)21(25)23-14-13-16-5-2-1-3-6-16/h1-12,15,24H,13-14H2,(H,23,25). The van der Waals surface area contributed by atoms with E-state index in [2.05, 4.69) is 10.0 Å². The normalized spacial score (nSPS) is 11.0. The Bertz CT molecular complexity index is 1050. The lowest BCUT2D eigenvalue weighted by atomic mass is 10.1. The van der Waals surface area contributed by atoms with Crippen molar-refractivity contribution in [1.82, 2.24) is 5.32 Å². The molecule has 144 valence electrons. The molecule has 3 rings (SSSR count). The van der Waals surface area contributed by atoms with Crippen LogP contribution < -0.4 is 10.0 Å². The van der Waals surface area contributed by atoms with Crippen molar-refractivity contribution in [2.75, 3.05) is 11.3 Å². The van der Waals surface area contributed by atoms with E-state index in [1.807, 2.05) is 30.3 Å². The zero-order valence-corrected chi connectivity index (χ0v) is 16.5. The second kappa shape index (κ2) is 8.91. The van der Waals surface area contributed by atoms with Gasteiger partial charge >= 0.3 is 0 Å². The largest absolute Gasteiger partial charge is 0.352 e. The Balaban J connectivity index is 1.59. The summed E-state index contributed by atoms with van der Waals surface area (Å²) in [6.45, 7) is 0.520. The second-order valence-electron chi connectivity index (χ2n) is 6.13. The molecule has 0 aliphatic rings. The second-order valence-corrected chi connectivity index (χ2v) is 8.25. The molecule has 0 aliphatic heterocycles. The Morgan fingerprint density at radius 1 is 0.893 bits per heavy atom. The van der Waals surface area contributed by atoms with Gasteiger partial charge in [0.25, 0.3) is 15.9 Å². The lowest BCUT2D eigenvalue weighted by molar-refractivity contribution is 0.0954. The third-order valence-electron chi connectivity index (χ3n) is 4.05. The van der Waals surface area contributed by atoms with Crippen LogP contribution in [-0.2, 0) is 16.4 Å². The lowest BCUT2D eigenvalue weighted by Crippen LogP contribution is -2.25. The smallest absolute Gasteiger partial charge is 0.261 e. The number of benzene rings is 3. The van der Waals surface area contributed by atoms with Crippen LogP contribution in [0.4, 0.5) is 5.69 Å². The zero-order valence-electron chi connectivity index (χ0n) is 14.9. The van der Waals surface area contributed by atoms with Gasteiger partial charge in [0.15, 0.2) is 0 Å². The first-order valence-electron chi connectivity index (χ1n) is 8.65. The van der Waals surface area contributed by atoms with E-state index in [1.165, 1.54) is 12.1 Å². The Morgan fingerprint density at radius 3 is 2.29 bits per heavy atom. The Labute approximate surface area is 169 Å². The van der Waals surface area contributed by atoms with Gasteiger partial charge in [-0.2, -0.15) is 0 Å². The predicted octanol–water partition coefficient (Wildman–Crippen LogP) is 4.11. The molecule has 5 nitrogen and oxygen atoms in total. The molecule has 0 saturated heterocycles. The fourth-order valence-corrected chi connectivity index (χ4v) is 3.96. The van der Waals surface area contributed by atoms with Crippen LogP contribution >= 0.6 is 11.6 Å². The van der Waals surface area contributed by atoms with Crippen LogP contribution in [0.25, 0.3) is 0 Å². The summed E-state index contributed by atoms with van der Waals surface area (Å²) in [5, 5.41) is 3.19. The number of carbonyl (C=O) groups excluding carboxylic acids is 1. The molecule has 0 saturated carbocycles. The Hall–Kier alpha value is -2.83. The van der Waals surface area contributed by atoms with Gasteiger partial charge in [-0.1, -0.05) is 48.0 Å². The van der Waals surface area contributed by atoms with Crippen molar-refractivity contribution in [3.8, 4) is 0 Å². The van der Waals surface area contributed by atoms with E-state index in [-0.39, 0.29) is 10.8 Å². The molecule has 0 heterocycles. The maximum absolute atomic E-state index is 12.4. The summed E-state index contributed by atoms with van der Waals surface area (Å²) < 4.78 is 27.3. The first kappa shape index (κ1) is 19.9. The topological polar surface area (TPSA) is 75.3 Å². The van der Waals surface area contributed by atoms with E-state index in [0.29, 0.717) is 22.8 Å². The number of hydrogen-bond donors (Lipinski definition) is 2. The highest BCUT2D eigenvalue weighted by Gasteiger charge is 2.15. The predicted molar refractivity (Wildman–Crippen MR) is 111 cm³/mol. The van der Waals surface area contributed by atoms with Gasteiger partial charge in [-0.3, -0.25) is 9.52 Å². The number of rotatable bonds is 7. The van der Waals surface area contributed by atoms with Gasteiger partial charge in [-0.15, -0.1) is 0 Å². The summed E-state index contributed by atoms with van der Waals surface area (Å²) in [5.74, 6) is -0.208. The van der Waals surface area contributed by atoms with Crippen molar-refractivity contribution in [1.29, 1.82) is 0 Å². The van der Waals surface area contributed by atoms with E-state index in [4.69, 9.17) is 11.6 Å². The maximum atomic E-state index is 12.4. The molecular formula is C21H19ClN2O3S. The molecule has 0 aromatic heterocycles. The van der Waals surface area contributed by atoms with Crippen LogP contribution in [0.5, 0.6) is 0 Å². The zero-order chi connectivity index (χ0) is 20.0. The molecule has 0 radical (unpaired) electrons. The van der Waals surface area contributed by atoms with Crippen LogP contribution in [0, 0.1) is 0 Å². The summed E-state index contributed by atoms with van der Waals surface area (Å²) in [6.07, 6.45) is 0.740. The summed E-state index contributed by atoms with van der Waals surface area (Å²) in [7, 11) is -3.75. The number of hydrogen-bond acceptors (Lipinski definition) is 3. The van der Waals surface area contributed by atoms with E-state index >= 15 is 0 Å². The van der Waals surface area contributed by atoms with Gasteiger partial charge in [0.1, 0.15) is 0 Å². The average molecular weight is 415 g/mol. The highest BCUT2D eigenvalue weighted by molar-refractivity contribution is 7.92. The molecule has 7 heteroatoms. The fourth-order valence-electron chi connectivity index (χ4n) is 2.60. The van der Waals surface area contributed by atoms with Crippen molar-refractivity contribution >= 4 is 33.2 Å². The molecule has 0 spiro atoms. The molecule has 1 amide bonds. The number of carbonyl (C=O) groups is 1. The summed E-state index contributed by atoms with van der Waals surface area (Å²) in [4.78, 5) is 12.3. The molecular weight excluding hydrogens is 396 g/mol. The minimum absolute atomic E-state index is 0.0720. The molecule has 0 bridgehead atoms. The number of sulfonamides is 1. The monoisotopic (exact) mass is 414 g/mol. The molecule has 2 N–H and O–H groups in total. The highest BCUT2D eigenvalue weighted by atomic mass is 35.5. The van der Waals surface area contributed by atoms with Crippen molar-refractivity contribution < 1.29 is 13.2 Å². The van der Waals surface area contributed by atoms with E-state index < -0.39 is 10.0 Å². The first-order chi connectivity index (χ1) is 13.4. The molecule has 3 aromatic rings. The summed E-state index contributed by atoms with van der Waals surface area (Å²) >= 11 is 5.85. The van der Waals surface area contributed by atoms with E-state index in [1.54, 1.807) is 36.4 Å². The van der Waals surface area contributed by atoms with Gasteiger partial charge in [-0.05, 0) is 54.4 Å². The highest BCUT2D eigenvalue weighted by Crippen LogP contribution is 2.19. The summed E-state index contributed by atoms with van der Waals surface area (Å²) in [6, 6.07) is 22.1. The van der Waals surface area contributed by atoms with Gasteiger partial charge in [0.2, 0.25) is 0 Å². The van der Waals surface area contributed by atoms with E-state index in [9.17, 15) is 13.2 Å². The lowest BCUT2D eigenvalue weighted by Gasteiger charge is -2.09. The third-order valence-corrected chi connectivity index (χ3v) is 5.66. The number of anilines is 1. The molecule has 0 unspecified atom stereocenters. The first-order valence-corrected chi connectivity index (χ1v) is 10.5. The van der Waals surface area contributed by atoms with Gasteiger partial charge in [0, 0.05) is 22.8 Å². The number of halogens is 1. The van der Waals surface area contributed by atoms with E-state index in [0.717, 1.165) is 12.0 Å². The fraction of sp³-hybridized carbons (Fsp3) is 0.0952. The maximum Gasteiger partial charge on any atom is 0.261 e. The minimum atomic E-state index is -3.75. The average Bonchev–Trinajstić information content (AvgIpc) is 2.69. The molecule has 0 aliphatic carbocycles. The van der Waals surface area contributed by atoms with Crippen molar-refractivity contribution in [2.24, 2.45) is 0 Å². The third kappa shape index (κ3) is 5.34. The quantitative estimate of drug-likeness (QED) is 0.610. The van der Waals surface area contributed by atoms with Gasteiger partial charge < -0.3 is 5.32 Å². The Morgan fingerprint density at radius 2 is 1.61 bits per heavy atom. The molecule has 0 fully saturated rings. The van der Waals surface area contributed by atoms with Crippen LogP contribution in [-0.4, -0.2) is 20.9 Å². The number of amides is 1. The molecule has 3 aromatic carbocycles. The van der Waals surface area contributed by atoms with Crippen LogP contribution in [0.1, 0.15) is 15.9 Å². The van der Waals surface area contributed by atoms with Crippen LogP contribution in [0.3, 0.4) is 0 Å². The van der Waals surface area contributed by atoms with Crippen LogP contribution in [0.2, 0.25) is 5.02 Å². The van der Waals surface area contributed by atoms with Crippen molar-refractivity contribution in [3.63, 3.8) is 0 Å². The molecule has 28 heavy (non-hydrogen) atoms. The van der Waals surface area contributed by atoms with Crippen molar-refractivity contribution in [3.05, 3.63) is 95.0 Å². The van der Waals surface area contributed by atoms with Gasteiger partial charge in [0.05, 0.1) is 4.90 Å². The minimum Gasteiger partial charge on any atom is -0.352 e. The van der Waals surface area contributed by atoms with Crippen molar-refractivity contribution in [2.45, 2.75) is 11.3 Å². The molecule has 0 atom stereocenters. The SMILES string of the molecule is O=C(NCCc1ccccc1)c1ccc(NS(=O)(=O)c2cccc(Cl)c2)cc1. The number of nitrogens with one attached hydrogen (secondary N) is 2. The Kier molecular flexibility index (Phi) is 6.34. The van der Waals surface area contributed by atoms with Crippen LogP contribution in [0.15, 0.2) is 83.8 Å². The van der Waals surface area contributed by atoms with Gasteiger partial charge in [-0.25, -0.2) is 8.42 Å².